The molecule has 0 radical (unpaired) electrons. The van der Waals surface area contributed by atoms with E-state index in [1.54, 1.807) is 0 Å². The summed E-state index contributed by atoms with van der Waals surface area (Å²) in [5.41, 5.74) is 0. The fraction of sp³-hybridized carbons (Fsp3) is 0.778. The highest BCUT2D eigenvalue weighted by atomic mass is 16.5. The van der Waals surface area contributed by atoms with Crippen LogP contribution in [0.15, 0.2) is 0 Å². The third-order valence-corrected chi connectivity index (χ3v) is 2.41. The highest BCUT2D eigenvalue weighted by molar-refractivity contribution is 5.82. The number of nitrogens with one attached hydrogen (secondary N) is 1. The number of hydrogen-bond acceptors (Lipinski definition) is 4. The number of amides is 2. The number of aliphatic carboxylic acids is 1. The number of urea groups is 1. The number of rotatable bonds is 3. The summed E-state index contributed by atoms with van der Waals surface area (Å²) in [5, 5.41) is 19.7. The van der Waals surface area contributed by atoms with Crippen LogP contribution in [0.1, 0.15) is 6.92 Å². The molecule has 1 heterocycles. The minimum Gasteiger partial charge on any atom is -0.480 e. The van der Waals surface area contributed by atoms with E-state index in [1.807, 2.05) is 6.92 Å². The summed E-state index contributed by atoms with van der Waals surface area (Å²) >= 11 is 0. The maximum Gasteiger partial charge on any atom is 0.328 e. The normalized spacial score (nSPS) is 22.6. The van der Waals surface area contributed by atoms with E-state index in [1.165, 1.54) is 4.90 Å². The number of carbonyl (C=O) groups excluding carboxylic acids is 1. The van der Waals surface area contributed by atoms with Gasteiger partial charge < -0.3 is 25.2 Å². The van der Waals surface area contributed by atoms with Gasteiger partial charge in [-0.05, 0) is 6.92 Å². The maximum atomic E-state index is 11.7. The van der Waals surface area contributed by atoms with E-state index in [-0.39, 0.29) is 6.04 Å². The molecule has 1 saturated heterocycles. The van der Waals surface area contributed by atoms with Gasteiger partial charge in [-0.2, -0.15) is 0 Å². The number of hydrogen-bond donors (Lipinski definition) is 3. The van der Waals surface area contributed by atoms with Crippen LogP contribution in [-0.4, -0.2) is 65.6 Å². The van der Waals surface area contributed by atoms with Crippen LogP contribution in [0.3, 0.4) is 0 Å². The number of aliphatic hydroxyl groups is 1. The molecule has 0 spiro atoms. The summed E-state index contributed by atoms with van der Waals surface area (Å²) in [7, 11) is 0. The van der Waals surface area contributed by atoms with Crippen LogP contribution < -0.4 is 5.32 Å². The molecule has 0 aromatic heterocycles. The first-order valence-electron chi connectivity index (χ1n) is 5.04. The van der Waals surface area contributed by atoms with Crippen molar-refractivity contribution in [1.29, 1.82) is 0 Å². The molecule has 16 heavy (non-hydrogen) atoms. The monoisotopic (exact) mass is 232 g/mol. The Balaban J connectivity index is 2.52. The van der Waals surface area contributed by atoms with E-state index < -0.39 is 24.6 Å². The number of carboxylic acids is 1. The predicted molar refractivity (Wildman–Crippen MR) is 54.0 cm³/mol. The summed E-state index contributed by atoms with van der Waals surface area (Å²) in [6, 6.07) is -1.85. The van der Waals surface area contributed by atoms with Crippen molar-refractivity contribution >= 4 is 12.0 Å². The molecule has 0 aromatic carbocycles. The van der Waals surface area contributed by atoms with Crippen molar-refractivity contribution in [3.63, 3.8) is 0 Å². The van der Waals surface area contributed by atoms with Gasteiger partial charge in [0.25, 0.3) is 0 Å². The van der Waals surface area contributed by atoms with Gasteiger partial charge in [0.2, 0.25) is 0 Å². The van der Waals surface area contributed by atoms with Crippen LogP contribution in [0.2, 0.25) is 0 Å². The lowest BCUT2D eigenvalue weighted by Gasteiger charge is -2.33. The Hall–Kier alpha value is -1.34. The largest absolute Gasteiger partial charge is 0.480 e. The van der Waals surface area contributed by atoms with Gasteiger partial charge >= 0.3 is 12.0 Å². The minimum atomic E-state index is -1.26. The fourth-order valence-corrected chi connectivity index (χ4v) is 1.45. The predicted octanol–water partition coefficient (Wildman–Crippen LogP) is -1.14. The number of aliphatic hydroxyl groups excluding tert-OH is 1. The van der Waals surface area contributed by atoms with Crippen molar-refractivity contribution in [3.8, 4) is 0 Å². The van der Waals surface area contributed by atoms with E-state index in [0.29, 0.717) is 19.8 Å². The van der Waals surface area contributed by atoms with Crippen molar-refractivity contribution in [2.24, 2.45) is 0 Å². The molecule has 7 nitrogen and oxygen atoms in total. The van der Waals surface area contributed by atoms with E-state index in [9.17, 15) is 9.59 Å². The van der Waals surface area contributed by atoms with Gasteiger partial charge in [0.1, 0.15) is 0 Å². The van der Waals surface area contributed by atoms with Crippen molar-refractivity contribution in [2.75, 3.05) is 26.4 Å². The Kier molecular flexibility index (Phi) is 4.51. The fourth-order valence-electron chi connectivity index (χ4n) is 1.45. The Morgan fingerprint density at radius 3 is 2.81 bits per heavy atom. The van der Waals surface area contributed by atoms with Crippen LogP contribution in [0.25, 0.3) is 0 Å². The number of ether oxygens (including phenoxy) is 1. The Bertz CT molecular complexity index is 271. The van der Waals surface area contributed by atoms with Crippen LogP contribution in [0, 0.1) is 0 Å². The lowest BCUT2D eigenvalue weighted by Crippen LogP contribution is -2.55. The van der Waals surface area contributed by atoms with Gasteiger partial charge in [-0.15, -0.1) is 0 Å². The van der Waals surface area contributed by atoms with E-state index >= 15 is 0 Å². The van der Waals surface area contributed by atoms with Crippen LogP contribution in [0.5, 0.6) is 0 Å². The first-order chi connectivity index (χ1) is 7.56. The first kappa shape index (κ1) is 12.7. The Morgan fingerprint density at radius 2 is 2.31 bits per heavy atom. The van der Waals surface area contributed by atoms with E-state index in [4.69, 9.17) is 14.9 Å². The smallest absolute Gasteiger partial charge is 0.328 e. The van der Waals surface area contributed by atoms with Crippen molar-refractivity contribution < 1.29 is 24.5 Å². The molecule has 7 heteroatoms. The molecule has 3 N–H and O–H groups in total. The second-order valence-electron chi connectivity index (χ2n) is 3.64. The summed E-state index contributed by atoms with van der Waals surface area (Å²) < 4.78 is 5.15. The number of carbonyl (C=O) groups is 2. The second kappa shape index (κ2) is 5.66. The maximum absolute atomic E-state index is 11.7. The lowest BCUT2D eigenvalue weighted by atomic mass is 10.2. The molecular formula is C9H16N2O5. The molecule has 1 rings (SSSR count). The van der Waals surface area contributed by atoms with Gasteiger partial charge in [-0.1, -0.05) is 0 Å². The molecule has 1 fully saturated rings. The highest BCUT2D eigenvalue weighted by Gasteiger charge is 2.27. The molecule has 1 aliphatic heterocycles. The molecule has 1 aliphatic rings. The highest BCUT2D eigenvalue weighted by Crippen LogP contribution is 2.06. The number of morpholine rings is 1. The summed E-state index contributed by atoms with van der Waals surface area (Å²) in [5.74, 6) is -1.25. The molecule has 1 unspecified atom stereocenters. The zero-order chi connectivity index (χ0) is 12.1. The van der Waals surface area contributed by atoms with Crippen LogP contribution in [0.4, 0.5) is 4.79 Å². The standard InChI is InChI=1S/C9H16N2O5/c1-6-5-16-3-2-11(6)9(15)10-7(4-12)8(13)14/h6-7,12H,2-5H2,1H3,(H,10,15)(H,13,14)/t6?,7-/m1/s1. The summed E-state index contributed by atoms with van der Waals surface area (Å²) in [4.78, 5) is 23.8. The molecule has 92 valence electrons. The number of carboxylic acid groups (broad SMARTS) is 1. The number of nitrogens with zero attached hydrogens (tertiary/aromatic N) is 1. The average molecular weight is 232 g/mol. The van der Waals surface area contributed by atoms with Gasteiger partial charge in [0, 0.05) is 6.54 Å². The van der Waals surface area contributed by atoms with Crippen molar-refractivity contribution in [2.45, 2.75) is 19.0 Å². The zero-order valence-electron chi connectivity index (χ0n) is 9.05. The molecule has 0 aliphatic carbocycles. The summed E-state index contributed by atoms with van der Waals surface area (Å²) in [6.45, 7) is 2.48. The quantitative estimate of drug-likeness (QED) is 0.571. The summed E-state index contributed by atoms with van der Waals surface area (Å²) in [6.07, 6.45) is 0. The third kappa shape index (κ3) is 3.07. The first-order valence-corrected chi connectivity index (χ1v) is 5.04. The minimum absolute atomic E-state index is 0.0955. The third-order valence-electron chi connectivity index (χ3n) is 2.41. The van der Waals surface area contributed by atoms with Crippen molar-refractivity contribution in [1.82, 2.24) is 10.2 Å². The second-order valence-corrected chi connectivity index (χ2v) is 3.64. The Labute approximate surface area is 93.0 Å². The van der Waals surface area contributed by atoms with Crippen molar-refractivity contribution in [3.05, 3.63) is 0 Å². The molecule has 2 amide bonds. The molecule has 2 atom stereocenters. The molecular weight excluding hydrogens is 216 g/mol. The van der Waals surface area contributed by atoms with Gasteiger partial charge in [0.05, 0.1) is 25.9 Å². The van der Waals surface area contributed by atoms with E-state index in [2.05, 4.69) is 5.32 Å². The topological polar surface area (TPSA) is 99.1 Å². The van der Waals surface area contributed by atoms with Crippen LogP contribution in [-0.2, 0) is 9.53 Å². The molecule has 0 bridgehead atoms. The van der Waals surface area contributed by atoms with Gasteiger partial charge in [-0.3, -0.25) is 0 Å². The van der Waals surface area contributed by atoms with Gasteiger partial charge in [-0.25, -0.2) is 9.59 Å². The van der Waals surface area contributed by atoms with E-state index in [0.717, 1.165) is 0 Å². The average Bonchev–Trinajstić information content (AvgIpc) is 2.25. The van der Waals surface area contributed by atoms with Crippen LogP contribution >= 0.6 is 0 Å². The zero-order valence-corrected chi connectivity index (χ0v) is 9.05. The van der Waals surface area contributed by atoms with Gasteiger partial charge in [0.15, 0.2) is 6.04 Å². The molecule has 0 saturated carbocycles. The SMILES string of the molecule is CC1COCCN1C(=O)N[C@H](CO)C(=O)O. The Morgan fingerprint density at radius 1 is 1.62 bits per heavy atom. The molecule has 0 aromatic rings. The lowest BCUT2D eigenvalue weighted by molar-refractivity contribution is -0.140.